The van der Waals surface area contributed by atoms with Crippen LogP contribution in [0.4, 0.5) is 16.3 Å². The average molecular weight is 557 g/mol. The third kappa shape index (κ3) is 4.16. The quantitative estimate of drug-likeness (QED) is 0.250. The summed E-state index contributed by atoms with van der Waals surface area (Å²) in [7, 11) is 1.54. The maximum Gasteiger partial charge on any atom is 0.322 e. The van der Waals surface area contributed by atoms with Gasteiger partial charge in [0.1, 0.15) is 22.8 Å². The topological polar surface area (TPSA) is 158 Å². The van der Waals surface area contributed by atoms with Crippen LogP contribution >= 0.6 is 0 Å². The molecular weight excluding hydrogens is 528 g/mol. The number of aromatic amines is 1. The van der Waals surface area contributed by atoms with Gasteiger partial charge in [-0.15, -0.1) is 0 Å². The second-order valence-corrected chi connectivity index (χ2v) is 10.5. The van der Waals surface area contributed by atoms with Crippen molar-refractivity contribution in [2.75, 3.05) is 31.6 Å². The number of pyridine rings is 1. The molecule has 0 saturated carbocycles. The molecule has 41 heavy (non-hydrogen) atoms. The van der Waals surface area contributed by atoms with Crippen molar-refractivity contribution in [2.24, 2.45) is 0 Å². The van der Waals surface area contributed by atoms with Crippen LogP contribution in [-0.4, -0.2) is 70.7 Å². The summed E-state index contributed by atoms with van der Waals surface area (Å²) in [6, 6.07) is 10.2. The second kappa shape index (κ2) is 9.63. The zero-order valence-electron chi connectivity index (χ0n) is 22.3. The molecule has 7 rings (SSSR count). The monoisotopic (exact) mass is 556 g/mol. The summed E-state index contributed by atoms with van der Waals surface area (Å²) < 4.78 is 11.4. The first-order valence-corrected chi connectivity index (χ1v) is 13.4. The lowest BCUT2D eigenvalue weighted by Gasteiger charge is -2.34. The molecule has 3 aliphatic heterocycles. The summed E-state index contributed by atoms with van der Waals surface area (Å²) in [5.41, 5.74) is 1.56. The van der Waals surface area contributed by atoms with E-state index in [4.69, 9.17) is 14.1 Å². The number of hydrogen-bond acceptors (Lipinski definition) is 9. The van der Waals surface area contributed by atoms with Crippen LogP contribution in [0.1, 0.15) is 34.5 Å². The van der Waals surface area contributed by atoms with Gasteiger partial charge in [-0.3, -0.25) is 20.0 Å². The van der Waals surface area contributed by atoms with Gasteiger partial charge >= 0.3 is 6.03 Å². The molecule has 1 atom stereocenters. The first-order chi connectivity index (χ1) is 19.9. The maximum absolute atomic E-state index is 13.3. The predicted molar refractivity (Wildman–Crippen MR) is 147 cm³/mol. The fourth-order valence-electron chi connectivity index (χ4n) is 5.96. The third-order valence-electron chi connectivity index (χ3n) is 8.03. The summed E-state index contributed by atoms with van der Waals surface area (Å²) in [6.07, 6.45) is 5.48. The zero-order valence-corrected chi connectivity index (χ0v) is 22.3. The van der Waals surface area contributed by atoms with Gasteiger partial charge in [0, 0.05) is 30.4 Å². The first kappa shape index (κ1) is 25.1. The van der Waals surface area contributed by atoms with Gasteiger partial charge in [-0.1, -0.05) is 6.07 Å². The number of imide groups is 1. The molecule has 0 spiro atoms. The van der Waals surface area contributed by atoms with Crippen LogP contribution in [-0.2, 0) is 16.9 Å². The summed E-state index contributed by atoms with van der Waals surface area (Å²) in [5, 5.41) is 15.5. The number of carbonyl (C=O) groups is 3. The van der Waals surface area contributed by atoms with Crippen LogP contribution in [0.2, 0.25) is 0 Å². The standard InChI is InChI=1S/C28H28N8O5/c1-40-19-3-2-16-14-35(25(37)20(16)10-19)15-28(26(38)33-27(39)34-28)23-11-21-22(41-23)4-5-24(32-21)36(18-12-30-31-13-18)17-6-8-29-9-7-17/h2-5,10-13,17,29H,6-9,14-15H2,1H3,(H,30,31)(H2,33,34,38,39). The molecule has 4 amide bonds. The van der Waals surface area contributed by atoms with E-state index in [1.807, 2.05) is 18.3 Å². The Morgan fingerprint density at radius 1 is 1.15 bits per heavy atom. The second-order valence-electron chi connectivity index (χ2n) is 10.5. The van der Waals surface area contributed by atoms with Crippen molar-refractivity contribution in [2.45, 2.75) is 31.0 Å². The molecule has 13 nitrogen and oxygen atoms in total. The van der Waals surface area contributed by atoms with Crippen molar-refractivity contribution < 1.29 is 23.5 Å². The van der Waals surface area contributed by atoms with E-state index in [-0.39, 0.29) is 30.8 Å². The molecule has 2 saturated heterocycles. The largest absolute Gasteiger partial charge is 0.497 e. The molecule has 3 aromatic heterocycles. The van der Waals surface area contributed by atoms with E-state index in [0.717, 1.165) is 37.2 Å². The van der Waals surface area contributed by atoms with Crippen molar-refractivity contribution in [3.63, 3.8) is 0 Å². The number of aromatic nitrogens is 3. The number of hydrogen-bond donors (Lipinski definition) is 4. The molecule has 1 aromatic carbocycles. The molecule has 4 aromatic rings. The van der Waals surface area contributed by atoms with Crippen LogP contribution in [0.5, 0.6) is 5.75 Å². The minimum Gasteiger partial charge on any atom is -0.497 e. The van der Waals surface area contributed by atoms with Gasteiger partial charge in [0.15, 0.2) is 11.1 Å². The van der Waals surface area contributed by atoms with Crippen molar-refractivity contribution >= 4 is 40.5 Å². The lowest BCUT2D eigenvalue weighted by atomic mass is 9.95. The number of H-pyrrole nitrogens is 1. The number of nitrogens with one attached hydrogen (secondary N) is 4. The van der Waals surface area contributed by atoms with Crippen molar-refractivity contribution in [3.8, 4) is 5.75 Å². The Kier molecular flexibility index (Phi) is 5.89. The van der Waals surface area contributed by atoms with E-state index in [1.54, 1.807) is 30.5 Å². The lowest BCUT2D eigenvalue weighted by molar-refractivity contribution is -0.125. The number of methoxy groups -OCH3 is 1. The fourth-order valence-corrected chi connectivity index (χ4v) is 5.96. The van der Waals surface area contributed by atoms with Crippen molar-refractivity contribution in [3.05, 3.63) is 65.7 Å². The average Bonchev–Trinajstić information content (AvgIpc) is 3.77. The Labute approximate surface area is 234 Å². The molecule has 4 N–H and O–H groups in total. The number of nitrogens with zero attached hydrogens (tertiary/aromatic N) is 4. The Bertz CT molecular complexity index is 1660. The Balaban J connectivity index is 1.25. The van der Waals surface area contributed by atoms with E-state index >= 15 is 0 Å². The number of amides is 4. The maximum atomic E-state index is 13.3. The molecule has 0 radical (unpaired) electrons. The van der Waals surface area contributed by atoms with Crippen molar-refractivity contribution in [1.29, 1.82) is 0 Å². The van der Waals surface area contributed by atoms with Gasteiger partial charge in [-0.05, 0) is 55.8 Å². The van der Waals surface area contributed by atoms with E-state index in [1.165, 1.54) is 12.0 Å². The molecule has 210 valence electrons. The lowest BCUT2D eigenvalue weighted by Crippen LogP contribution is -2.52. The van der Waals surface area contributed by atoms with Crippen LogP contribution in [0, 0.1) is 0 Å². The van der Waals surface area contributed by atoms with Crippen LogP contribution in [0.3, 0.4) is 0 Å². The number of urea groups is 1. The van der Waals surface area contributed by atoms with Gasteiger partial charge < -0.3 is 29.6 Å². The molecule has 0 bridgehead atoms. The molecule has 1 unspecified atom stereocenters. The first-order valence-electron chi connectivity index (χ1n) is 13.4. The van der Waals surface area contributed by atoms with Gasteiger partial charge in [0.2, 0.25) is 0 Å². The number of piperidine rings is 1. The van der Waals surface area contributed by atoms with E-state index in [9.17, 15) is 14.4 Å². The highest BCUT2D eigenvalue weighted by Crippen LogP contribution is 2.36. The number of benzene rings is 1. The molecule has 2 fully saturated rings. The normalized spacial score (nSPS) is 20.8. The number of rotatable bonds is 7. The fraction of sp³-hybridized carbons (Fsp3) is 0.321. The SMILES string of the molecule is COc1ccc2c(c1)C(=O)N(CC1(c3cc4nc(N(c5cn[nH]c5)C5CCNCC5)ccc4o3)NC(=O)NC1=O)C2. The van der Waals surface area contributed by atoms with Gasteiger partial charge in [-0.25, -0.2) is 9.78 Å². The smallest absolute Gasteiger partial charge is 0.322 e. The summed E-state index contributed by atoms with van der Waals surface area (Å²) in [4.78, 5) is 47.7. The highest BCUT2D eigenvalue weighted by Gasteiger charge is 2.53. The third-order valence-corrected chi connectivity index (χ3v) is 8.03. The van der Waals surface area contributed by atoms with Gasteiger partial charge in [-0.2, -0.15) is 5.10 Å². The number of fused-ring (bicyclic) bond motifs is 2. The van der Waals surface area contributed by atoms with Gasteiger partial charge in [0.25, 0.3) is 11.8 Å². The van der Waals surface area contributed by atoms with Gasteiger partial charge in [0.05, 0.1) is 25.5 Å². The summed E-state index contributed by atoms with van der Waals surface area (Å²) >= 11 is 0. The van der Waals surface area contributed by atoms with Crippen LogP contribution < -0.4 is 25.6 Å². The molecule has 13 heteroatoms. The molecule has 0 aliphatic carbocycles. The Morgan fingerprint density at radius 3 is 2.73 bits per heavy atom. The summed E-state index contributed by atoms with van der Waals surface area (Å²) in [6.45, 7) is 1.96. The predicted octanol–water partition coefficient (Wildman–Crippen LogP) is 2.14. The highest BCUT2D eigenvalue weighted by molar-refractivity contribution is 6.08. The number of carbonyl (C=O) groups excluding carboxylic acids is 3. The minimum absolute atomic E-state index is 0.122. The van der Waals surface area contributed by atoms with Crippen LogP contribution in [0.25, 0.3) is 11.1 Å². The van der Waals surface area contributed by atoms with E-state index in [0.29, 0.717) is 28.2 Å². The number of furan rings is 1. The number of anilines is 2. The summed E-state index contributed by atoms with van der Waals surface area (Å²) in [5.74, 6) is 0.609. The molecule has 6 heterocycles. The molecular formula is C28H28N8O5. The van der Waals surface area contributed by atoms with E-state index in [2.05, 4.69) is 31.0 Å². The minimum atomic E-state index is -1.63. The Hall–Kier alpha value is -4.91. The zero-order chi connectivity index (χ0) is 28.1. The number of ether oxygens (including phenoxy) is 1. The Morgan fingerprint density at radius 2 is 2.00 bits per heavy atom. The molecule has 3 aliphatic rings. The van der Waals surface area contributed by atoms with E-state index < -0.39 is 17.5 Å². The van der Waals surface area contributed by atoms with Crippen molar-refractivity contribution in [1.82, 2.24) is 36.0 Å². The van der Waals surface area contributed by atoms with Crippen LogP contribution in [0.15, 0.2) is 53.2 Å². The highest BCUT2D eigenvalue weighted by atomic mass is 16.5.